The molecule has 0 spiro atoms. The zero-order valence-corrected chi connectivity index (χ0v) is 12.5. The Labute approximate surface area is 127 Å². The fourth-order valence-corrected chi connectivity index (χ4v) is 2.74. The number of hydrogen-bond acceptors (Lipinski definition) is 3. The number of carbonyl (C=O) groups excluding carboxylic acids is 2. The number of likely N-dealkylation sites (tertiary alicyclic amines) is 1. The average molecular weight is 314 g/mol. The summed E-state index contributed by atoms with van der Waals surface area (Å²) in [5.41, 5.74) is -0.0562. The lowest BCUT2D eigenvalue weighted by molar-refractivity contribution is -0.142. The average Bonchev–Trinajstić information content (AvgIpc) is 2.49. The van der Waals surface area contributed by atoms with E-state index in [1.165, 1.54) is 25.3 Å². The first-order valence-electron chi connectivity index (χ1n) is 6.85. The Kier molecular flexibility index (Phi) is 5.17. The van der Waals surface area contributed by atoms with Crippen LogP contribution in [-0.2, 0) is 9.53 Å². The van der Waals surface area contributed by atoms with Crippen LogP contribution in [0, 0.1) is 5.82 Å². The van der Waals surface area contributed by atoms with E-state index in [2.05, 4.69) is 4.74 Å². The van der Waals surface area contributed by atoms with Gasteiger partial charge in [-0.2, -0.15) is 0 Å². The summed E-state index contributed by atoms with van der Waals surface area (Å²) in [7, 11) is 1.31. The normalized spacial score (nSPS) is 18.4. The van der Waals surface area contributed by atoms with Gasteiger partial charge in [0.15, 0.2) is 0 Å². The zero-order valence-electron chi connectivity index (χ0n) is 11.8. The van der Waals surface area contributed by atoms with Gasteiger partial charge in [0.1, 0.15) is 5.82 Å². The molecule has 0 bridgehead atoms. The van der Waals surface area contributed by atoms with Gasteiger partial charge in [-0.25, -0.2) is 4.39 Å². The van der Waals surface area contributed by atoms with Crippen molar-refractivity contribution in [3.8, 4) is 0 Å². The molecule has 0 unspecified atom stereocenters. The number of amides is 1. The maximum Gasteiger partial charge on any atom is 0.307 e. The first-order valence-corrected chi connectivity index (χ1v) is 7.23. The maximum atomic E-state index is 13.8. The second-order valence-electron chi connectivity index (χ2n) is 5.05. The lowest BCUT2D eigenvalue weighted by Crippen LogP contribution is -2.45. The van der Waals surface area contributed by atoms with E-state index < -0.39 is 11.7 Å². The third kappa shape index (κ3) is 3.73. The molecule has 1 aromatic carbocycles. The summed E-state index contributed by atoms with van der Waals surface area (Å²) in [5.74, 6) is -1.40. The number of ether oxygens (including phenoxy) is 1. The highest BCUT2D eigenvalue weighted by molar-refractivity contribution is 6.31. The van der Waals surface area contributed by atoms with Gasteiger partial charge in [-0.1, -0.05) is 11.6 Å². The fourth-order valence-electron chi connectivity index (χ4n) is 2.57. The number of carbonyl (C=O) groups is 2. The Morgan fingerprint density at radius 1 is 1.43 bits per heavy atom. The van der Waals surface area contributed by atoms with Gasteiger partial charge in [0, 0.05) is 17.6 Å². The Bertz CT molecular complexity index is 550. The molecule has 1 fully saturated rings. The van der Waals surface area contributed by atoms with Gasteiger partial charge >= 0.3 is 5.97 Å². The van der Waals surface area contributed by atoms with Crippen molar-refractivity contribution in [3.63, 3.8) is 0 Å². The van der Waals surface area contributed by atoms with Crippen LogP contribution in [-0.4, -0.2) is 36.5 Å². The molecule has 1 aliphatic rings. The van der Waals surface area contributed by atoms with Crippen LogP contribution in [0.25, 0.3) is 0 Å². The molecule has 1 saturated heterocycles. The minimum Gasteiger partial charge on any atom is -0.469 e. The van der Waals surface area contributed by atoms with Crippen molar-refractivity contribution in [2.24, 2.45) is 0 Å². The molecule has 4 nitrogen and oxygen atoms in total. The van der Waals surface area contributed by atoms with Crippen molar-refractivity contribution >= 4 is 23.5 Å². The molecule has 114 valence electrons. The number of methoxy groups -OCH3 is 1. The first-order chi connectivity index (χ1) is 10.0. The van der Waals surface area contributed by atoms with E-state index in [9.17, 15) is 14.0 Å². The van der Waals surface area contributed by atoms with Crippen molar-refractivity contribution in [3.05, 3.63) is 34.6 Å². The Hall–Kier alpha value is -1.62. The largest absolute Gasteiger partial charge is 0.469 e. The van der Waals surface area contributed by atoms with Crippen molar-refractivity contribution in [2.75, 3.05) is 13.7 Å². The van der Waals surface area contributed by atoms with Gasteiger partial charge in [0.2, 0.25) is 0 Å². The Morgan fingerprint density at radius 3 is 2.90 bits per heavy atom. The van der Waals surface area contributed by atoms with Gasteiger partial charge in [-0.15, -0.1) is 0 Å². The SMILES string of the molecule is COC(=O)C[C@@H]1CCCCN1C(=O)c1cc(Cl)ccc1F. The molecule has 2 rings (SSSR count). The van der Waals surface area contributed by atoms with Crippen LogP contribution in [0.5, 0.6) is 0 Å². The minimum atomic E-state index is -0.605. The quantitative estimate of drug-likeness (QED) is 0.806. The summed E-state index contributed by atoms with van der Waals surface area (Å²) in [6.07, 6.45) is 2.61. The molecule has 1 atom stereocenters. The first kappa shape index (κ1) is 15.8. The summed E-state index contributed by atoms with van der Waals surface area (Å²) in [4.78, 5) is 25.5. The fraction of sp³-hybridized carbons (Fsp3) is 0.467. The number of halogens is 2. The molecular weight excluding hydrogens is 297 g/mol. The summed E-state index contributed by atoms with van der Waals surface area (Å²) in [6.45, 7) is 0.506. The van der Waals surface area contributed by atoms with Gasteiger partial charge in [-0.05, 0) is 37.5 Å². The lowest BCUT2D eigenvalue weighted by Gasteiger charge is -2.35. The van der Waals surface area contributed by atoms with Crippen LogP contribution in [0.4, 0.5) is 4.39 Å². The second-order valence-corrected chi connectivity index (χ2v) is 5.49. The summed E-state index contributed by atoms with van der Waals surface area (Å²) >= 11 is 5.83. The molecule has 0 N–H and O–H groups in total. The molecule has 0 aromatic heterocycles. The monoisotopic (exact) mass is 313 g/mol. The van der Waals surface area contributed by atoms with Crippen molar-refractivity contribution < 1.29 is 18.7 Å². The van der Waals surface area contributed by atoms with E-state index >= 15 is 0 Å². The van der Waals surface area contributed by atoms with Crippen LogP contribution in [0.2, 0.25) is 5.02 Å². The molecule has 1 aliphatic heterocycles. The molecule has 0 aliphatic carbocycles. The van der Waals surface area contributed by atoms with E-state index in [0.717, 1.165) is 12.8 Å². The van der Waals surface area contributed by atoms with Crippen LogP contribution >= 0.6 is 11.6 Å². The highest BCUT2D eigenvalue weighted by Gasteiger charge is 2.30. The molecule has 0 saturated carbocycles. The number of rotatable bonds is 3. The van der Waals surface area contributed by atoms with E-state index in [4.69, 9.17) is 11.6 Å². The molecule has 6 heteroatoms. The standard InChI is InChI=1S/C15H17ClFNO3/c1-21-14(19)9-11-4-2-3-7-18(11)15(20)12-8-10(16)5-6-13(12)17/h5-6,8,11H,2-4,7,9H2,1H3/t11-/m0/s1. The van der Waals surface area contributed by atoms with Gasteiger partial charge < -0.3 is 9.64 Å². The van der Waals surface area contributed by atoms with Crippen LogP contribution < -0.4 is 0 Å². The maximum absolute atomic E-state index is 13.8. The Morgan fingerprint density at radius 2 is 2.19 bits per heavy atom. The van der Waals surface area contributed by atoms with Crippen molar-refractivity contribution in [1.29, 1.82) is 0 Å². The molecule has 1 amide bonds. The van der Waals surface area contributed by atoms with Gasteiger partial charge in [0.25, 0.3) is 5.91 Å². The van der Waals surface area contributed by atoms with E-state index in [1.54, 1.807) is 4.90 Å². The smallest absolute Gasteiger partial charge is 0.307 e. The van der Waals surface area contributed by atoms with Crippen LogP contribution in [0.1, 0.15) is 36.0 Å². The molecule has 1 aromatic rings. The third-order valence-corrected chi connectivity index (χ3v) is 3.91. The summed E-state index contributed by atoms with van der Waals surface area (Å²) in [6, 6.07) is 3.64. The molecular formula is C15H17ClFNO3. The topological polar surface area (TPSA) is 46.6 Å². The predicted molar refractivity (Wildman–Crippen MR) is 76.7 cm³/mol. The molecule has 1 heterocycles. The van der Waals surface area contributed by atoms with Crippen LogP contribution in [0.15, 0.2) is 18.2 Å². The van der Waals surface area contributed by atoms with Crippen molar-refractivity contribution in [1.82, 2.24) is 4.90 Å². The molecule has 0 radical (unpaired) electrons. The number of piperidine rings is 1. The zero-order chi connectivity index (χ0) is 15.4. The van der Waals surface area contributed by atoms with Gasteiger partial charge in [-0.3, -0.25) is 9.59 Å². The van der Waals surface area contributed by atoms with Gasteiger partial charge in [0.05, 0.1) is 19.1 Å². The molecule has 21 heavy (non-hydrogen) atoms. The predicted octanol–water partition coefficient (Wildman–Crippen LogP) is 3.04. The van der Waals surface area contributed by atoms with E-state index in [0.29, 0.717) is 18.0 Å². The Balaban J connectivity index is 2.22. The number of esters is 1. The number of hydrogen-bond donors (Lipinski definition) is 0. The third-order valence-electron chi connectivity index (χ3n) is 3.68. The minimum absolute atomic E-state index is 0.0562. The number of benzene rings is 1. The van der Waals surface area contributed by atoms with Crippen molar-refractivity contribution in [2.45, 2.75) is 31.7 Å². The van der Waals surface area contributed by atoms with Crippen LogP contribution in [0.3, 0.4) is 0 Å². The highest BCUT2D eigenvalue weighted by Crippen LogP contribution is 2.24. The number of nitrogens with zero attached hydrogens (tertiary/aromatic N) is 1. The highest BCUT2D eigenvalue weighted by atomic mass is 35.5. The lowest BCUT2D eigenvalue weighted by atomic mass is 9.98. The second kappa shape index (κ2) is 6.89. The van der Waals surface area contributed by atoms with E-state index in [1.807, 2.05) is 0 Å². The summed E-state index contributed by atoms with van der Waals surface area (Å²) in [5, 5.41) is 0.307. The summed E-state index contributed by atoms with van der Waals surface area (Å²) < 4.78 is 18.5. The van der Waals surface area contributed by atoms with E-state index in [-0.39, 0.29) is 24.0 Å².